The molecule has 0 unspecified atom stereocenters. The molecule has 7 nitrogen and oxygen atoms in total. The van der Waals surface area contributed by atoms with E-state index in [0.717, 1.165) is 23.7 Å². The van der Waals surface area contributed by atoms with Crippen molar-refractivity contribution >= 4 is 28.4 Å². The van der Waals surface area contributed by atoms with Crippen LogP contribution in [0, 0.1) is 6.92 Å². The summed E-state index contributed by atoms with van der Waals surface area (Å²) in [6, 6.07) is 0.599. The van der Waals surface area contributed by atoms with E-state index in [1.807, 2.05) is 6.92 Å². The SMILES string of the molecule is CC(=O)Nc1nc(C)c(-c2cnc(N3CCOCC3)o2)s1. The van der Waals surface area contributed by atoms with E-state index in [9.17, 15) is 4.79 Å². The molecule has 2 aromatic heterocycles. The van der Waals surface area contributed by atoms with Gasteiger partial charge in [0, 0.05) is 20.0 Å². The van der Waals surface area contributed by atoms with Crippen LogP contribution >= 0.6 is 11.3 Å². The van der Waals surface area contributed by atoms with E-state index in [-0.39, 0.29) is 5.91 Å². The summed E-state index contributed by atoms with van der Waals surface area (Å²) >= 11 is 1.38. The minimum absolute atomic E-state index is 0.137. The third-order valence-corrected chi connectivity index (χ3v) is 4.17. The average Bonchev–Trinajstić information content (AvgIpc) is 3.06. The number of carbonyl (C=O) groups is 1. The highest BCUT2D eigenvalue weighted by Gasteiger charge is 2.19. The van der Waals surface area contributed by atoms with Gasteiger partial charge >= 0.3 is 0 Å². The van der Waals surface area contributed by atoms with E-state index in [1.54, 1.807) is 6.20 Å². The molecule has 1 fully saturated rings. The number of morpholine rings is 1. The second kappa shape index (κ2) is 5.82. The summed E-state index contributed by atoms with van der Waals surface area (Å²) in [5.74, 6) is 0.532. The molecule has 1 amide bonds. The van der Waals surface area contributed by atoms with Gasteiger partial charge < -0.3 is 19.4 Å². The van der Waals surface area contributed by atoms with Gasteiger partial charge in [0.25, 0.3) is 6.01 Å². The Bertz CT molecular complexity index is 646. The summed E-state index contributed by atoms with van der Waals surface area (Å²) in [7, 11) is 0. The Hall–Kier alpha value is -1.93. The van der Waals surface area contributed by atoms with Gasteiger partial charge in [-0.15, -0.1) is 0 Å². The number of anilines is 2. The van der Waals surface area contributed by atoms with Crippen LogP contribution in [-0.2, 0) is 9.53 Å². The van der Waals surface area contributed by atoms with Crippen LogP contribution in [0.25, 0.3) is 10.6 Å². The van der Waals surface area contributed by atoms with E-state index >= 15 is 0 Å². The lowest BCUT2D eigenvalue weighted by molar-refractivity contribution is -0.114. The fourth-order valence-electron chi connectivity index (χ4n) is 2.10. The van der Waals surface area contributed by atoms with Gasteiger partial charge in [-0.25, -0.2) is 9.97 Å². The number of ether oxygens (including phenoxy) is 1. The van der Waals surface area contributed by atoms with Crippen molar-refractivity contribution in [3.63, 3.8) is 0 Å². The van der Waals surface area contributed by atoms with Crippen LogP contribution in [0.5, 0.6) is 0 Å². The Morgan fingerprint density at radius 3 is 2.90 bits per heavy atom. The lowest BCUT2D eigenvalue weighted by Gasteiger charge is -2.24. The lowest BCUT2D eigenvalue weighted by atomic mass is 10.3. The first kappa shape index (κ1) is 14.0. The van der Waals surface area contributed by atoms with Crippen molar-refractivity contribution in [2.75, 3.05) is 36.5 Å². The molecular weight excluding hydrogens is 292 g/mol. The van der Waals surface area contributed by atoms with Gasteiger partial charge in [0.05, 0.1) is 30.0 Å². The summed E-state index contributed by atoms with van der Waals surface area (Å²) in [5.41, 5.74) is 0.813. The van der Waals surface area contributed by atoms with Crippen LogP contribution in [0.3, 0.4) is 0 Å². The Kier molecular flexibility index (Phi) is 3.89. The molecule has 8 heteroatoms. The second-order valence-corrected chi connectivity index (χ2v) is 5.72. The van der Waals surface area contributed by atoms with Gasteiger partial charge in [0.2, 0.25) is 5.91 Å². The van der Waals surface area contributed by atoms with Gasteiger partial charge in [0.15, 0.2) is 10.9 Å². The summed E-state index contributed by atoms with van der Waals surface area (Å²) in [4.78, 5) is 22.7. The molecule has 0 spiro atoms. The third-order valence-electron chi connectivity index (χ3n) is 3.08. The molecule has 1 saturated heterocycles. The van der Waals surface area contributed by atoms with Crippen molar-refractivity contribution in [3.8, 4) is 10.6 Å². The molecule has 21 heavy (non-hydrogen) atoms. The van der Waals surface area contributed by atoms with Crippen LogP contribution in [-0.4, -0.2) is 42.2 Å². The van der Waals surface area contributed by atoms with E-state index in [2.05, 4.69) is 20.2 Å². The first-order valence-electron chi connectivity index (χ1n) is 6.67. The largest absolute Gasteiger partial charge is 0.422 e. The van der Waals surface area contributed by atoms with Gasteiger partial charge in [0.1, 0.15) is 0 Å². The Morgan fingerprint density at radius 2 is 2.19 bits per heavy atom. The number of hydrogen-bond donors (Lipinski definition) is 1. The van der Waals surface area contributed by atoms with Crippen LogP contribution in [0.15, 0.2) is 10.6 Å². The van der Waals surface area contributed by atoms with Crippen LogP contribution in [0.1, 0.15) is 12.6 Å². The first-order chi connectivity index (χ1) is 10.1. The van der Waals surface area contributed by atoms with E-state index in [0.29, 0.717) is 30.1 Å². The minimum atomic E-state index is -0.137. The maximum atomic E-state index is 11.1. The predicted molar refractivity (Wildman–Crippen MR) is 79.7 cm³/mol. The van der Waals surface area contributed by atoms with Crippen molar-refractivity contribution in [1.29, 1.82) is 0 Å². The van der Waals surface area contributed by atoms with Crippen LogP contribution < -0.4 is 10.2 Å². The fraction of sp³-hybridized carbons (Fsp3) is 0.462. The number of nitrogens with one attached hydrogen (secondary N) is 1. The Labute approximate surface area is 125 Å². The Morgan fingerprint density at radius 1 is 1.43 bits per heavy atom. The molecule has 0 atom stereocenters. The van der Waals surface area contributed by atoms with E-state index < -0.39 is 0 Å². The standard InChI is InChI=1S/C13H16N4O3S/c1-8-11(21-12(15-8)16-9(2)18)10-7-14-13(20-10)17-3-5-19-6-4-17/h7H,3-6H2,1-2H3,(H,15,16,18). The average molecular weight is 308 g/mol. The zero-order valence-electron chi connectivity index (χ0n) is 11.9. The molecule has 0 aromatic carbocycles. The van der Waals surface area contributed by atoms with E-state index in [4.69, 9.17) is 9.15 Å². The zero-order valence-corrected chi connectivity index (χ0v) is 12.7. The quantitative estimate of drug-likeness (QED) is 0.933. The summed E-state index contributed by atoms with van der Waals surface area (Å²) in [5, 5.41) is 3.25. The maximum absolute atomic E-state index is 11.1. The number of thiazole rings is 1. The molecule has 1 aliphatic heterocycles. The topological polar surface area (TPSA) is 80.5 Å². The molecule has 0 saturated carbocycles. The van der Waals surface area contributed by atoms with Gasteiger partial charge in [-0.05, 0) is 6.92 Å². The summed E-state index contributed by atoms with van der Waals surface area (Å²) in [6.07, 6.45) is 1.70. The van der Waals surface area contributed by atoms with Gasteiger partial charge in [-0.3, -0.25) is 4.79 Å². The van der Waals surface area contributed by atoms with Crippen molar-refractivity contribution in [2.45, 2.75) is 13.8 Å². The molecule has 1 aliphatic rings. The smallest absolute Gasteiger partial charge is 0.297 e. The predicted octanol–water partition coefficient (Wildman–Crippen LogP) is 1.90. The third kappa shape index (κ3) is 3.06. The van der Waals surface area contributed by atoms with Crippen molar-refractivity contribution in [2.24, 2.45) is 0 Å². The van der Waals surface area contributed by atoms with Gasteiger partial charge in [-0.2, -0.15) is 0 Å². The fourth-order valence-corrected chi connectivity index (χ4v) is 3.06. The lowest BCUT2D eigenvalue weighted by Crippen LogP contribution is -2.36. The zero-order chi connectivity index (χ0) is 14.8. The van der Waals surface area contributed by atoms with Crippen molar-refractivity contribution in [1.82, 2.24) is 9.97 Å². The van der Waals surface area contributed by atoms with E-state index in [1.165, 1.54) is 18.3 Å². The Balaban J connectivity index is 1.82. The number of carbonyl (C=O) groups excluding carboxylic acids is 1. The monoisotopic (exact) mass is 308 g/mol. The van der Waals surface area contributed by atoms with Gasteiger partial charge in [-0.1, -0.05) is 11.3 Å². The molecule has 1 N–H and O–H groups in total. The number of aromatic nitrogens is 2. The highest BCUT2D eigenvalue weighted by Crippen LogP contribution is 2.34. The number of rotatable bonds is 3. The van der Waals surface area contributed by atoms with Crippen LogP contribution in [0.2, 0.25) is 0 Å². The molecule has 0 aliphatic carbocycles. The first-order valence-corrected chi connectivity index (χ1v) is 7.49. The minimum Gasteiger partial charge on any atom is -0.422 e. The normalized spacial score (nSPS) is 15.2. The molecule has 3 heterocycles. The number of oxazole rings is 1. The highest BCUT2D eigenvalue weighted by atomic mass is 32.1. The van der Waals surface area contributed by atoms with Crippen molar-refractivity contribution < 1.29 is 13.9 Å². The molecule has 0 bridgehead atoms. The molecule has 0 radical (unpaired) electrons. The number of aryl methyl sites for hydroxylation is 1. The summed E-state index contributed by atoms with van der Waals surface area (Å²) < 4.78 is 11.1. The number of nitrogens with zero attached hydrogens (tertiary/aromatic N) is 3. The molecule has 112 valence electrons. The molecular formula is C13H16N4O3S. The molecule has 3 rings (SSSR count). The number of amides is 1. The maximum Gasteiger partial charge on any atom is 0.297 e. The van der Waals surface area contributed by atoms with Crippen molar-refractivity contribution in [3.05, 3.63) is 11.9 Å². The van der Waals surface area contributed by atoms with Crippen LogP contribution in [0.4, 0.5) is 11.1 Å². The number of hydrogen-bond acceptors (Lipinski definition) is 7. The molecule has 2 aromatic rings. The summed E-state index contributed by atoms with van der Waals surface area (Å²) in [6.45, 7) is 6.26. The highest BCUT2D eigenvalue weighted by molar-refractivity contribution is 7.19. The second-order valence-electron chi connectivity index (χ2n) is 4.72.